The van der Waals surface area contributed by atoms with Gasteiger partial charge in [-0.05, 0) is 55.2 Å². The van der Waals surface area contributed by atoms with E-state index in [0.29, 0.717) is 0 Å². The highest BCUT2D eigenvalue weighted by Crippen LogP contribution is 2.37. The first kappa shape index (κ1) is 13.1. The van der Waals surface area contributed by atoms with Crippen molar-refractivity contribution in [2.75, 3.05) is 0 Å². The van der Waals surface area contributed by atoms with E-state index in [1.54, 1.807) is 5.56 Å². The van der Waals surface area contributed by atoms with Gasteiger partial charge in [-0.3, -0.25) is 0 Å². The zero-order chi connectivity index (χ0) is 12.1. The van der Waals surface area contributed by atoms with Crippen LogP contribution in [0, 0.1) is 5.92 Å². The number of hydrogen-bond donors (Lipinski definition) is 0. The molecule has 94 valence electrons. The van der Waals surface area contributed by atoms with Gasteiger partial charge in [-0.15, -0.1) is 0 Å². The average Bonchev–Trinajstić information content (AvgIpc) is 2.38. The van der Waals surface area contributed by atoms with E-state index >= 15 is 0 Å². The van der Waals surface area contributed by atoms with Gasteiger partial charge >= 0.3 is 0 Å². The van der Waals surface area contributed by atoms with Gasteiger partial charge in [0.05, 0.1) is 0 Å². The largest absolute Gasteiger partial charge is 0.0654 e. The van der Waals surface area contributed by atoms with Crippen molar-refractivity contribution in [3.63, 3.8) is 0 Å². The summed E-state index contributed by atoms with van der Waals surface area (Å²) in [6, 6.07) is 8.94. The summed E-state index contributed by atoms with van der Waals surface area (Å²) >= 11 is 3.51. The Kier molecular flexibility index (Phi) is 5.09. The van der Waals surface area contributed by atoms with Crippen LogP contribution >= 0.6 is 15.9 Å². The Labute approximate surface area is 114 Å². The summed E-state index contributed by atoms with van der Waals surface area (Å²) in [5.74, 6) is 1.84. The molecule has 1 fully saturated rings. The second-order valence-corrected chi connectivity index (χ2v) is 6.33. The Bertz CT molecular complexity index is 320. The first-order chi connectivity index (χ1) is 8.29. The van der Waals surface area contributed by atoms with Gasteiger partial charge < -0.3 is 0 Å². The topological polar surface area (TPSA) is 0 Å². The fraction of sp³-hybridized carbons (Fsp3) is 0.625. The summed E-state index contributed by atoms with van der Waals surface area (Å²) in [4.78, 5) is 0. The van der Waals surface area contributed by atoms with Crippen molar-refractivity contribution in [2.24, 2.45) is 5.92 Å². The van der Waals surface area contributed by atoms with Crippen LogP contribution in [-0.4, -0.2) is 0 Å². The highest BCUT2D eigenvalue weighted by Gasteiger charge is 2.21. The second kappa shape index (κ2) is 6.58. The van der Waals surface area contributed by atoms with Crippen LogP contribution in [0.15, 0.2) is 28.7 Å². The zero-order valence-corrected chi connectivity index (χ0v) is 12.4. The average molecular weight is 295 g/mol. The van der Waals surface area contributed by atoms with Crippen molar-refractivity contribution in [3.05, 3.63) is 34.3 Å². The molecule has 0 atom stereocenters. The molecule has 0 unspecified atom stereocenters. The van der Waals surface area contributed by atoms with Crippen LogP contribution in [0.5, 0.6) is 0 Å². The molecule has 1 saturated carbocycles. The Balaban J connectivity index is 1.84. The number of unbranched alkanes of at least 4 members (excludes halogenated alkanes) is 1. The lowest BCUT2D eigenvalue weighted by Gasteiger charge is -2.28. The van der Waals surface area contributed by atoms with Crippen LogP contribution in [0.3, 0.4) is 0 Å². The molecule has 1 heteroatoms. The molecule has 0 heterocycles. The lowest BCUT2D eigenvalue weighted by Crippen LogP contribution is -2.13. The maximum absolute atomic E-state index is 3.51. The highest BCUT2D eigenvalue weighted by atomic mass is 79.9. The van der Waals surface area contributed by atoms with Crippen LogP contribution in [0.25, 0.3) is 0 Å². The molecule has 0 amide bonds. The quantitative estimate of drug-likeness (QED) is 0.647. The van der Waals surface area contributed by atoms with Gasteiger partial charge in [0.15, 0.2) is 0 Å². The second-order valence-electron chi connectivity index (χ2n) is 5.41. The van der Waals surface area contributed by atoms with Gasteiger partial charge in [0.25, 0.3) is 0 Å². The molecular weight excluding hydrogens is 272 g/mol. The molecule has 0 aromatic heterocycles. The normalized spacial score (nSPS) is 24.8. The van der Waals surface area contributed by atoms with E-state index < -0.39 is 0 Å². The Morgan fingerprint density at radius 3 is 2.29 bits per heavy atom. The van der Waals surface area contributed by atoms with E-state index in [2.05, 4.69) is 47.1 Å². The minimum absolute atomic E-state index is 0.820. The Morgan fingerprint density at radius 2 is 1.71 bits per heavy atom. The van der Waals surface area contributed by atoms with Crippen LogP contribution in [0.4, 0.5) is 0 Å². The van der Waals surface area contributed by atoms with E-state index in [9.17, 15) is 0 Å². The third-order valence-corrected chi connectivity index (χ3v) is 4.68. The molecule has 0 bridgehead atoms. The minimum atomic E-state index is 0.820. The van der Waals surface area contributed by atoms with Crippen molar-refractivity contribution in [1.29, 1.82) is 0 Å². The van der Waals surface area contributed by atoms with Gasteiger partial charge in [0.1, 0.15) is 0 Å². The predicted molar refractivity (Wildman–Crippen MR) is 78.4 cm³/mol. The third-order valence-electron chi connectivity index (χ3n) is 4.15. The van der Waals surface area contributed by atoms with Crippen molar-refractivity contribution in [2.45, 2.75) is 57.8 Å². The van der Waals surface area contributed by atoms with E-state index in [0.717, 1.165) is 11.8 Å². The SMILES string of the molecule is CCCCC1CCC(c2ccc(Br)cc2)CC1. The molecule has 1 aromatic rings. The first-order valence-electron chi connectivity index (χ1n) is 7.05. The molecule has 0 radical (unpaired) electrons. The minimum Gasteiger partial charge on any atom is -0.0654 e. The molecule has 0 saturated heterocycles. The maximum Gasteiger partial charge on any atom is 0.0175 e. The lowest BCUT2D eigenvalue weighted by molar-refractivity contribution is 0.304. The molecule has 0 spiro atoms. The maximum atomic E-state index is 3.51. The molecule has 2 rings (SSSR count). The van der Waals surface area contributed by atoms with E-state index in [-0.39, 0.29) is 0 Å². The van der Waals surface area contributed by atoms with Crippen molar-refractivity contribution in [3.8, 4) is 0 Å². The molecular formula is C16H23Br. The van der Waals surface area contributed by atoms with Crippen LogP contribution < -0.4 is 0 Å². The third kappa shape index (κ3) is 3.84. The molecule has 1 aromatic carbocycles. The van der Waals surface area contributed by atoms with Crippen LogP contribution in [0.2, 0.25) is 0 Å². The smallest absolute Gasteiger partial charge is 0.0175 e. The molecule has 0 nitrogen and oxygen atoms in total. The van der Waals surface area contributed by atoms with Gasteiger partial charge in [0.2, 0.25) is 0 Å². The molecule has 17 heavy (non-hydrogen) atoms. The van der Waals surface area contributed by atoms with E-state index in [1.165, 1.54) is 49.4 Å². The molecule has 1 aliphatic rings. The van der Waals surface area contributed by atoms with Gasteiger partial charge in [0, 0.05) is 4.47 Å². The summed E-state index contributed by atoms with van der Waals surface area (Å²) in [5, 5.41) is 0. The summed E-state index contributed by atoms with van der Waals surface area (Å²) in [6.45, 7) is 2.30. The fourth-order valence-corrected chi connectivity index (χ4v) is 3.28. The summed E-state index contributed by atoms with van der Waals surface area (Å²) in [7, 11) is 0. The van der Waals surface area contributed by atoms with Crippen LogP contribution in [-0.2, 0) is 0 Å². The monoisotopic (exact) mass is 294 g/mol. The fourth-order valence-electron chi connectivity index (χ4n) is 3.01. The lowest BCUT2D eigenvalue weighted by atomic mass is 9.77. The van der Waals surface area contributed by atoms with Crippen LogP contribution in [0.1, 0.15) is 63.4 Å². The van der Waals surface area contributed by atoms with Crippen molar-refractivity contribution in [1.82, 2.24) is 0 Å². The van der Waals surface area contributed by atoms with Gasteiger partial charge in [-0.1, -0.05) is 54.2 Å². The Hall–Kier alpha value is -0.300. The van der Waals surface area contributed by atoms with E-state index in [1.807, 2.05) is 0 Å². The van der Waals surface area contributed by atoms with Crippen molar-refractivity contribution < 1.29 is 0 Å². The summed E-state index contributed by atoms with van der Waals surface area (Å²) in [6.07, 6.45) is 9.93. The van der Waals surface area contributed by atoms with Gasteiger partial charge in [-0.2, -0.15) is 0 Å². The summed E-state index contributed by atoms with van der Waals surface area (Å²) in [5.41, 5.74) is 1.54. The zero-order valence-electron chi connectivity index (χ0n) is 10.8. The Morgan fingerprint density at radius 1 is 1.06 bits per heavy atom. The van der Waals surface area contributed by atoms with E-state index in [4.69, 9.17) is 0 Å². The number of halogens is 1. The highest BCUT2D eigenvalue weighted by molar-refractivity contribution is 9.10. The molecule has 0 N–H and O–H groups in total. The first-order valence-corrected chi connectivity index (χ1v) is 7.84. The van der Waals surface area contributed by atoms with Crippen molar-refractivity contribution >= 4 is 15.9 Å². The molecule has 1 aliphatic carbocycles. The standard InChI is InChI=1S/C16H23Br/c1-2-3-4-13-5-7-14(8-6-13)15-9-11-16(17)12-10-15/h9-14H,2-8H2,1H3. The predicted octanol–water partition coefficient (Wildman–Crippen LogP) is 5.91. The number of hydrogen-bond acceptors (Lipinski definition) is 0. The number of rotatable bonds is 4. The molecule has 0 aliphatic heterocycles. The van der Waals surface area contributed by atoms with Gasteiger partial charge in [-0.25, -0.2) is 0 Å². The summed E-state index contributed by atoms with van der Waals surface area (Å²) < 4.78 is 1.19. The number of benzene rings is 1.